The summed E-state index contributed by atoms with van der Waals surface area (Å²) >= 11 is 0. The first-order valence-electron chi connectivity index (χ1n) is 8.00. The minimum Gasteiger partial charge on any atom is -0.493 e. The summed E-state index contributed by atoms with van der Waals surface area (Å²) in [5.74, 6) is 2.46. The zero-order chi connectivity index (χ0) is 14.9. The van der Waals surface area contributed by atoms with E-state index in [1.807, 2.05) is 12.1 Å². The van der Waals surface area contributed by atoms with Gasteiger partial charge in [-0.25, -0.2) is 0 Å². The van der Waals surface area contributed by atoms with E-state index in [0.717, 1.165) is 55.7 Å². The summed E-state index contributed by atoms with van der Waals surface area (Å²) in [6.07, 6.45) is 3.60. The Morgan fingerprint density at radius 3 is 2.76 bits per heavy atom. The van der Waals surface area contributed by atoms with E-state index in [9.17, 15) is 0 Å². The Balaban J connectivity index is 1.90. The van der Waals surface area contributed by atoms with Gasteiger partial charge in [0.15, 0.2) is 6.79 Å². The standard InChI is InChI=1S/C17H27NO3/c1-3-9-20-16-8-7-15(11-18-4-2)17(10-16)21-13-19-12-14-5-6-14/h7-8,10,14,18H,3-6,9,11-13H2,1-2H3. The molecule has 21 heavy (non-hydrogen) atoms. The highest BCUT2D eigenvalue weighted by molar-refractivity contribution is 5.40. The number of hydrogen-bond donors (Lipinski definition) is 1. The number of nitrogens with one attached hydrogen (secondary N) is 1. The molecule has 0 atom stereocenters. The summed E-state index contributed by atoms with van der Waals surface area (Å²) < 4.78 is 17.0. The van der Waals surface area contributed by atoms with Gasteiger partial charge >= 0.3 is 0 Å². The first kappa shape index (κ1) is 16.1. The third-order valence-corrected chi connectivity index (χ3v) is 3.43. The highest BCUT2D eigenvalue weighted by atomic mass is 16.7. The lowest BCUT2D eigenvalue weighted by molar-refractivity contribution is 0.00930. The molecule has 2 rings (SSSR count). The maximum absolute atomic E-state index is 5.79. The molecule has 1 aromatic carbocycles. The van der Waals surface area contributed by atoms with E-state index in [4.69, 9.17) is 14.2 Å². The molecule has 1 aromatic rings. The normalized spacial score (nSPS) is 14.2. The van der Waals surface area contributed by atoms with Gasteiger partial charge in [0.05, 0.1) is 13.2 Å². The van der Waals surface area contributed by atoms with Crippen molar-refractivity contribution in [1.29, 1.82) is 0 Å². The van der Waals surface area contributed by atoms with Crippen molar-refractivity contribution in [2.45, 2.75) is 39.7 Å². The molecule has 118 valence electrons. The van der Waals surface area contributed by atoms with Gasteiger partial charge in [0.25, 0.3) is 0 Å². The third-order valence-electron chi connectivity index (χ3n) is 3.43. The SMILES string of the molecule is CCCOc1ccc(CNCC)c(OCOCC2CC2)c1. The van der Waals surface area contributed by atoms with Crippen LogP contribution in [0.1, 0.15) is 38.7 Å². The smallest absolute Gasteiger partial charge is 0.189 e. The fourth-order valence-electron chi connectivity index (χ4n) is 1.99. The molecule has 0 bridgehead atoms. The molecular formula is C17H27NO3. The van der Waals surface area contributed by atoms with Crippen molar-refractivity contribution < 1.29 is 14.2 Å². The maximum Gasteiger partial charge on any atom is 0.189 e. The fraction of sp³-hybridized carbons (Fsp3) is 0.647. The second kappa shape index (κ2) is 8.90. The maximum atomic E-state index is 5.79. The summed E-state index contributed by atoms with van der Waals surface area (Å²) in [5, 5.41) is 3.32. The van der Waals surface area contributed by atoms with Crippen LogP contribution in [0, 0.1) is 5.92 Å². The first-order valence-corrected chi connectivity index (χ1v) is 8.00. The van der Waals surface area contributed by atoms with Crippen LogP contribution in [-0.4, -0.2) is 26.6 Å². The molecular weight excluding hydrogens is 266 g/mol. The Labute approximate surface area is 127 Å². The van der Waals surface area contributed by atoms with E-state index in [0.29, 0.717) is 6.79 Å². The second-order valence-electron chi connectivity index (χ2n) is 5.47. The molecule has 0 heterocycles. The van der Waals surface area contributed by atoms with Crippen molar-refractivity contribution in [2.75, 3.05) is 26.6 Å². The molecule has 0 spiro atoms. The molecule has 4 nitrogen and oxygen atoms in total. The Morgan fingerprint density at radius 2 is 2.05 bits per heavy atom. The Hall–Kier alpha value is -1.26. The fourth-order valence-corrected chi connectivity index (χ4v) is 1.99. The van der Waals surface area contributed by atoms with Crippen LogP contribution in [0.2, 0.25) is 0 Å². The van der Waals surface area contributed by atoms with Gasteiger partial charge in [-0.2, -0.15) is 0 Å². The lowest BCUT2D eigenvalue weighted by Gasteiger charge is -2.14. The van der Waals surface area contributed by atoms with Gasteiger partial charge in [0.1, 0.15) is 11.5 Å². The molecule has 0 aromatic heterocycles. The van der Waals surface area contributed by atoms with Crippen LogP contribution in [-0.2, 0) is 11.3 Å². The Morgan fingerprint density at radius 1 is 1.19 bits per heavy atom. The van der Waals surface area contributed by atoms with Crippen LogP contribution < -0.4 is 14.8 Å². The summed E-state index contributed by atoms with van der Waals surface area (Å²) in [5.41, 5.74) is 1.13. The Bertz CT molecular complexity index is 418. The lowest BCUT2D eigenvalue weighted by Crippen LogP contribution is -2.14. The number of benzene rings is 1. The van der Waals surface area contributed by atoms with Crippen LogP contribution >= 0.6 is 0 Å². The van der Waals surface area contributed by atoms with Crippen molar-refractivity contribution in [3.63, 3.8) is 0 Å². The average molecular weight is 293 g/mol. The molecule has 1 fully saturated rings. The van der Waals surface area contributed by atoms with Crippen LogP contribution in [0.5, 0.6) is 11.5 Å². The van der Waals surface area contributed by atoms with Gasteiger partial charge in [0.2, 0.25) is 0 Å². The van der Waals surface area contributed by atoms with E-state index in [1.165, 1.54) is 12.8 Å². The lowest BCUT2D eigenvalue weighted by atomic mass is 10.2. The van der Waals surface area contributed by atoms with E-state index >= 15 is 0 Å². The molecule has 1 aliphatic rings. The van der Waals surface area contributed by atoms with Gasteiger partial charge in [-0.15, -0.1) is 0 Å². The zero-order valence-corrected chi connectivity index (χ0v) is 13.2. The third kappa shape index (κ3) is 5.94. The van der Waals surface area contributed by atoms with Gasteiger partial charge in [0, 0.05) is 18.2 Å². The monoisotopic (exact) mass is 293 g/mol. The minimum absolute atomic E-state index is 0.312. The van der Waals surface area contributed by atoms with Gasteiger partial charge in [-0.3, -0.25) is 0 Å². The summed E-state index contributed by atoms with van der Waals surface area (Å²) in [7, 11) is 0. The minimum atomic E-state index is 0.312. The van der Waals surface area contributed by atoms with E-state index in [-0.39, 0.29) is 0 Å². The average Bonchev–Trinajstić information content (AvgIpc) is 3.32. The van der Waals surface area contributed by atoms with Crippen molar-refractivity contribution in [2.24, 2.45) is 5.92 Å². The van der Waals surface area contributed by atoms with Crippen molar-refractivity contribution in [3.05, 3.63) is 23.8 Å². The summed E-state index contributed by atoms with van der Waals surface area (Å²) in [6, 6.07) is 6.02. The number of rotatable bonds is 11. The topological polar surface area (TPSA) is 39.7 Å². The van der Waals surface area contributed by atoms with Crippen LogP contribution in [0.4, 0.5) is 0 Å². The molecule has 1 aliphatic carbocycles. The molecule has 1 saturated carbocycles. The van der Waals surface area contributed by atoms with Crippen LogP contribution in [0.25, 0.3) is 0 Å². The zero-order valence-electron chi connectivity index (χ0n) is 13.2. The predicted octanol–water partition coefficient (Wildman–Crippen LogP) is 3.35. The number of ether oxygens (including phenoxy) is 3. The first-order chi connectivity index (χ1) is 10.3. The largest absolute Gasteiger partial charge is 0.493 e. The molecule has 1 N–H and O–H groups in total. The Kier molecular flexibility index (Phi) is 6.83. The van der Waals surface area contributed by atoms with E-state index in [1.54, 1.807) is 0 Å². The van der Waals surface area contributed by atoms with Crippen molar-refractivity contribution in [3.8, 4) is 11.5 Å². The van der Waals surface area contributed by atoms with Crippen LogP contribution in [0.15, 0.2) is 18.2 Å². The summed E-state index contributed by atoms with van der Waals surface area (Å²) in [4.78, 5) is 0. The molecule has 0 saturated heterocycles. The molecule has 0 unspecified atom stereocenters. The molecule has 0 aliphatic heterocycles. The van der Waals surface area contributed by atoms with E-state index in [2.05, 4.69) is 25.2 Å². The summed E-state index contributed by atoms with van der Waals surface area (Å²) in [6.45, 7) is 7.78. The van der Waals surface area contributed by atoms with Crippen molar-refractivity contribution in [1.82, 2.24) is 5.32 Å². The van der Waals surface area contributed by atoms with E-state index < -0.39 is 0 Å². The van der Waals surface area contributed by atoms with Crippen LogP contribution in [0.3, 0.4) is 0 Å². The predicted molar refractivity (Wildman–Crippen MR) is 83.8 cm³/mol. The quantitative estimate of drug-likeness (QED) is 0.502. The van der Waals surface area contributed by atoms with Gasteiger partial charge in [-0.1, -0.05) is 19.9 Å². The second-order valence-corrected chi connectivity index (χ2v) is 5.47. The van der Waals surface area contributed by atoms with Crippen molar-refractivity contribution >= 4 is 0 Å². The molecule has 4 heteroatoms. The highest BCUT2D eigenvalue weighted by Crippen LogP contribution is 2.29. The molecule has 0 radical (unpaired) electrons. The number of hydrogen-bond acceptors (Lipinski definition) is 4. The molecule has 0 amide bonds. The highest BCUT2D eigenvalue weighted by Gasteiger charge is 2.21. The van der Waals surface area contributed by atoms with Gasteiger partial charge in [-0.05, 0) is 37.8 Å². The van der Waals surface area contributed by atoms with Gasteiger partial charge < -0.3 is 19.5 Å².